The Morgan fingerprint density at radius 2 is 1.44 bits per heavy atom. The fraction of sp³-hybridized carbons (Fsp3) is 0.400. The lowest BCUT2D eigenvalue weighted by Crippen LogP contribution is -2.32. The zero-order valence-electron chi connectivity index (χ0n) is 28.7. The van der Waals surface area contributed by atoms with Crippen LogP contribution in [0.5, 0.6) is 11.5 Å². The fourth-order valence-corrected chi connectivity index (χ4v) is 6.01. The first-order valence-corrected chi connectivity index (χ1v) is 16.4. The summed E-state index contributed by atoms with van der Waals surface area (Å²) in [6, 6.07) is 12.9. The van der Waals surface area contributed by atoms with Crippen molar-refractivity contribution in [1.82, 2.24) is 0 Å². The molecule has 1 atom stereocenters. The molecule has 5 heteroatoms. The van der Waals surface area contributed by atoms with E-state index in [1.807, 2.05) is 0 Å². The first kappa shape index (κ1) is 32.8. The van der Waals surface area contributed by atoms with Gasteiger partial charge in [-0.25, -0.2) is 0 Å². The van der Waals surface area contributed by atoms with Crippen LogP contribution in [0.2, 0.25) is 0 Å². The Bertz CT molecular complexity index is 1650. The van der Waals surface area contributed by atoms with E-state index in [0.717, 1.165) is 69.6 Å². The molecule has 1 aliphatic carbocycles. The molecule has 0 radical (unpaired) electrons. The second kappa shape index (κ2) is 12.6. The summed E-state index contributed by atoms with van der Waals surface area (Å²) in [4.78, 5) is 4.21. The Hall–Kier alpha value is -3.63. The van der Waals surface area contributed by atoms with Crippen LogP contribution in [0.4, 0.5) is 11.4 Å². The highest BCUT2D eigenvalue weighted by Crippen LogP contribution is 2.43. The Morgan fingerprint density at radius 3 is 2.07 bits per heavy atom. The molecule has 2 aromatic rings. The normalized spacial score (nSPS) is 20.4. The second-order valence-corrected chi connectivity index (χ2v) is 15.3. The van der Waals surface area contributed by atoms with Gasteiger partial charge in [0.2, 0.25) is 0 Å². The van der Waals surface area contributed by atoms with Gasteiger partial charge in [0, 0.05) is 78.7 Å². The van der Waals surface area contributed by atoms with Gasteiger partial charge in [0.25, 0.3) is 0 Å². The molecule has 5 rings (SSSR count). The van der Waals surface area contributed by atoms with Gasteiger partial charge in [0.05, 0.1) is 0 Å². The molecule has 0 saturated carbocycles. The number of fused-ring (bicyclic) bond motifs is 2. The van der Waals surface area contributed by atoms with Gasteiger partial charge in [-0.3, -0.25) is 0 Å². The van der Waals surface area contributed by atoms with Gasteiger partial charge in [0.15, 0.2) is 0 Å². The minimum absolute atomic E-state index is 0.0258. The number of rotatable bonds is 5. The minimum Gasteiger partial charge on any atom is -0.485 e. The molecule has 0 fully saturated rings. The minimum atomic E-state index is -0.115. The average Bonchev–Trinajstić information content (AvgIpc) is 2.97. The first-order chi connectivity index (χ1) is 21.1. The van der Waals surface area contributed by atoms with Crippen molar-refractivity contribution in [3.8, 4) is 11.5 Å². The van der Waals surface area contributed by atoms with Crippen LogP contribution in [0.15, 0.2) is 94.8 Å². The highest BCUT2D eigenvalue weighted by atomic mass is 35.5. The standard InChI is InChI=1S/C40H49ClN2O2/c1-39(2,3)36-22-28(32-20-18-30(42(7)8)24-34(32)44-36)16-14-26-12-11-13-27(38(26)41)15-17-29-23-37(40(4,5)6)45-35-25-31(43(9)10)19-21-33(29)35/h14-25,36H,11-13H2,1-10H3/b16-14+,27-15+,29-17+. The molecule has 45 heavy (non-hydrogen) atoms. The van der Waals surface area contributed by atoms with E-state index in [2.05, 4.69) is 152 Å². The van der Waals surface area contributed by atoms with Crippen molar-refractivity contribution in [2.45, 2.75) is 66.9 Å². The van der Waals surface area contributed by atoms with Crippen molar-refractivity contribution < 1.29 is 9.47 Å². The lowest BCUT2D eigenvalue weighted by atomic mass is 9.84. The Kier molecular flexibility index (Phi) is 9.20. The number of ether oxygens (including phenoxy) is 2. The average molecular weight is 625 g/mol. The third-order valence-corrected chi connectivity index (χ3v) is 9.14. The van der Waals surface area contributed by atoms with Gasteiger partial charge in [-0.2, -0.15) is 0 Å². The topological polar surface area (TPSA) is 24.9 Å². The molecule has 2 heterocycles. The van der Waals surface area contributed by atoms with Gasteiger partial charge in [-0.15, -0.1) is 0 Å². The quantitative estimate of drug-likeness (QED) is 0.330. The molecule has 238 valence electrons. The van der Waals surface area contributed by atoms with Crippen molar-refractivity contribution in [2.24, 2.45) is 10.8 Å². The predicted octanol–water partition coefficient (Wildman–Crippen LogP) is 10.6. The summed E-state index contributed by atoms with van der Waals surface area (Å²) in [5.74, 6) is 2.78. The van der Waals surface area contributed by atoms with Crippen molar-refractivity contribution in [2.75, 3.05) is 38.0 Å². The molecule has 0 amide bonds. The monoisotopic (exact) mass is 624 g/mol. The largest absolute Gasteiger partial charge is 0.485 e. The van der Waals surface area contributed by atoms with E-state index in [4.69, 9.17) is 21.1 Å². The molecule has 3 aliphatic rings. The molecular formula is C40H49ClN2O2. The van der Waals surface area contributed by atoms with E-state index in [9.17, 15) is 0 Å². The van der Waals surface area contributed by atoms with Crippen LogP contribution in [0, 0.1) is 10.8 Å². The maximum Gasteiger partial charge on any atom is 0.136 e. The summed E-state index contributed by atoms with van der Waals surface area (Å²) in [7, 11) is 8.22. The lowest BCUT2D eigenvalue weighted by molar-refractivity contribution is 0.126. The number of hydrogen-bond acceptors (Lipinski definition) is 4. The van der Waals surface area contributed by atoms with E-state index < -0.39 is 0 Å². The SMILES string of the molecule is CN(C)c1ccc2c(c1)OC(C(C)(C)C)C=C2/C=C/C1=C(Cl)C(=C/C=C2\C=C(C(C)(C)C)Oc3cc(N(C)C)ccc32)/CCC1. The van der Waals surface area contributed by atoms with Crippen molar-refractivity contribution in [3.05, 3.63) is 106 Å². The molecule has 2 aliphatic heterocycles. The third kappa shape index (κ3) is 7.28. The molecule has 0 saturated heterocycles. The van der Waals surface area contributed by atoms with Crippen LogP contribution in [0.1, 0.15) is 71.9 Å². The molecule has 2 aromatic carbocycles. The van der Waals surface area contributed by atoms with Crippen LogP contribution in [-0.4, -0.2) is 34.3 Å². The molecule has 0 bridgehead atoms. The van der Waals surface area contributed by atoms with Gasteiger partial charge in [0.1, 0.15) is 23.4 Å². The van der Waals surface area contributed by atoms with Crippen molar-refractivity contribution in [3.63, 3.8) is 0 Å². The molecule has 1 unspecified atom stereocenters. The molecule has 0 spiro atoms. The fourth-order valence-electron chi connectivity index (χ4n) is 5.70. The lowest BCUT2D eigenvalue weighted by Gasteiger charge is -2.34. The maximum absolute atomic E-state index is 7.13. The van der Waals surface area contributed by atoms with Gasteiger partial charge >= 0.3 is 0 Å². The van der Waals surface area contributed by atoms with Crippen molar-refractivity contribution in [1.29, 1.82) is 0 Å². The number of allylic oxidation sites excluding steroid dienone is 11. The van der Waals surface area contributed by atoms with Gasteiger partial charge < -0.3 is 19.3 Å². The van der Waals surface area contributed by atoms with Crippen LogP contribution in [-0.2, 0) is 0 Å². The van der Waals surface area contributed by atoms with Crippen LogP contribution < -0.4 is 19.3 Å². The zero-order valence-corrected chi connectivity index (χ0v) is 29.5. The number of nitrogens with zero attached hydrogens (tertiary/aromatic N) is 2. The van der Waals surface area contributed by atoms with E-state index in [0.29, 0.717) is 0 Å². The predicted molar refractivity (Wildman–Crippen MR) is 193 cm³/mol. The Balaban J connectivity index is 1.49. The maximum atomic E-state index is 7.13. The third-order valence-electron chi connectivity index (χ3n) is 8.65. The van der Waals surface area contributed by atoms with Crippen LogP contribution in [0.25, 0.3) is 11.1 Å². The Morgan fingerprint density at radius 1 is 0.800 bits per heavy atom. The van der Waals surface area contributed by atoms with Crippen LogP contribution >= 0.6 is 11.6 Å². The summed E-state index contributed by atoms with van der Waals surface area (Å²) in [5, 5.41) is 0.854. The van der Waals surface area contributed by atoms with E-state index in [-0.39, 0.29) is 16.9 Å². The summed E-state index contributed by atoms with van der Waals surface area (Å²) in [6.07, 6.45) is 16.2. The smallest absolute Gasteiger partial charge is 0.136 e. The van der Waals surface area contributed by atoms with E-state index in [1.54, 1.807) is 0 Å². The van der Waals surface area contributed by atoms with Gasteiger partial charge in [-0.05, 0) is 78.0 Å². The van der Waals surface area contributed by atoms with Gasteiger partial charge in [-0.1, -0.05) is 77.4 Å². The zero-order chi connectivity index (χ0) is 32.7. The number of hydrogen-bond donors (Lipinski definition) is 0. The summed E-state index contributed by atoms with van der Waals surface area (Å²) in [5.41, 5.74) is 8.96. The summed E-state index contributed by atoms with van der Waals surface area (Å²) in [6.45, 7) is 13.2. The van der Waals surface area contributed by atoms with Crippen molar-refractivity contribution >= 4 is 34.1 Å². The number of anilines is 2. The highest BCUT2D eigenvalue weighted by Gasteiger charge is 2.30. The summed E-state index contributed by atoms with van der Waals surface area (Å²) < 4.78 is 12.9. The molecule has 0 aromatic heterocycles. The van der Waals surface area contributed by atoms with E-state index in [1.165, 1.54) is 16.7 Å². The highest BCUT2D eigenvalue weighted by molar-refractivity contribution is 6.32. The first-order valence-electron chi connectivity index (χ1n) is 16.0. The molecule has 0 N–H and O–H groups in total. The molecule has 4 nitrogen and oxygen atoms in total. The summed E-state index contributed by atoms with van der Waals surface area (Å²) >= 11 is 7.13. The number of halogens is 1. The van der Waals surface area contributed by atoms with Crippen LogP contribution in [0.3, 0.4) is 0 Å². The number of benzene rings is 2. The van der Waals surface area contributed by atoms with E-state index >= 15 is 0 Å². The Labute approximate surface area is 276 Å². The second-order valence-electron chi connectivity index (χ2n) is 14.9. The molecular weight excluding hydrogens is 576 g/mol.